The van der Waals surface area contributed by atoms with Crippen molar-refractivity contribution in [2.75, 3.05) is 0 Å². The summed E-state index contributed by atoms with van der Waals surface area (Å²) in [4.78, 5) is 65.1. The number of benzene rings is 2. The first-order valence-electron chi connectivity index (χ1n) is 9.27. The molecule has 0 aliphatic heterocycles. The summed E-state index contributed by atoms with van der Waals surface area (Å²) >= 11 is 0. The Kier molecular flexibility index (Phi) is 6.57. The monoisotopic (exact) mass is 516 g/mol. The van der Waals surface area contributed by atoms with Crippen LogP contribution in [0.25, 0.3) is 5.69 Å². The van der Waals surface area contributed by atoms with Gasteiger partial charge in [-0.15, -0.1) is 0 Å². The molecule has 0 unspecified atom stereocenters. The van der Waals surface area contributed by atoms with Crippen LogP contribution in [0.4, 0.5) is 39.8 Å². The fraction of sp³-hybridized carbons (Fsp3) is 0. The molecule has 20 nitrogen and oxygen atoms in total. The zero-order chi connectivity index (χ0) is 27.6. The number of hydrogen-bond donors (Lipinski definition) is 0. The summed E-state index contributed by atoms with van der Waals surface area (Å²) in [6.45, 7) is 0. The van der Waals surface area contributed by atoms with Crippen molar-refractivity contribution in [3.05, 3.63) is 115 Å². The molecule has 0 bridgehead atoms. The second kappa shape index (κ2) is 9.57. The van der Waals surface area contributed by atoms with Gasteiger partial charge in [0.2, 0.25) is 11.4 Å². The van der Waals surface area contributed by atoms with Crippen LogP contribution < -0.4 is 5.36 Å². The van der Waals surface area contributed by atoms with Gasteiger partial charge in [0, 0.05) is 12.4 Å². The van der Waals surface area contributed by atoms with E-state index in [1.807, 2.05) is 0 Å². The van der Waals surface area contributed by atoms with E-state index in [1.165, 1.54) is 0 Å². The number of nitro benzene ring substituents is 6. The standard InChI is InChI=1S/C17H8N8O12/c26-20(27)10-5-12(22(30)31)16(13(6-10)23(32)33)18-9-1-3-19(4-2-9)17-14(24(34)35)7-11(21(28)29)8-15(17)25(36)37/h1-8H. The molecule has 0 N–H and O–H groups in total. The van der Waals surface area contributed by atoms with Crippen LogP contribution in [0, 0.1) is 60.7 Å². The van der Waals surface area contributed by atoms with Crippen LogP contribution >= 0.6 is 0 Å². The zero-order valence-electron chi connectivity index (χ0n) is 17.6. The van der Waals surface area contributed by atoms with Crippen LogP contribution in [0.3, 0.4) is 0 Å². The summed E-state index contributed by atoms with van der Waals surface area (Å²) in [6, 6.07) is 4.00. The van der Waals surface area contributed by atoms with Gasteiger partial charge in [-0.2, -0.15) is 0 Å². The summed E-state index contributed by atoms with van der Waals surface area (Å²) in [5.41, 5.74) is -7.44. The zero-order valence-corrected chi connectivity index (χ0v) is 17.6. The first kappa shape index (κ1) is 25.4. The van der Waals surface area contributed by atoms with Gasteiger partial charge in [-0.1, -0.05) is 0 Å². The molecule has 2 aromatic carbocycles. The van der Waals surface area contributed by atoms with Crippen LogP contribution in [-0.4, -0.2) is 34.1 Å². The lowest BCUT2D eigenvalue weighted by Gasteiger charge is -2.08. The molecule has 0 spiro atoms. The predicted octanol–water partition coefficient (Wildman–Crippen LogP) is 3.16. The SMILES string of the molecule is O=[N+]([O-])c1cc([N+](=O)[O-])c(N=c2ccn(-c3c([N+](=O)[O-])cc([N+](=O)[O-])cc3[N+](=O)[O-])cc2)c([N+](=O)[O-])c1. The lowest BCUT2D eigenvalue weighted by atomic mass is 10.2. The number of nitro groups is 6. The largest absolute Gasteiger partial charge is 0.312 e. The highest BCUT2D eigenvalue weighted by Gasteiger charge is 2.32. The van der Waals surface area contributed by atoms with Crippen molar-refractivity contribution < 1.29 is 29.5 Å². The molecule has 37 heavy (non-hydrogen) atoms. The number of pyridine rings is 1. The van der Waals surface area contributed by atoms with Crippen LogP contribution in [0.2, 0.25) is 0 Å². The van der Waals surface area contributed by atoms with E-state index >= 15 is 0 Å². The average Bonchev–Trinajstić information content (AvgIpc) is 2.83. The first-order valence-corrected chi connectivity index (χ1v) is 9.27. The number of non-ortho nitro benzene ring substituents is 2. The maximum absolute atomic E-state index is 11.5. The van der Waals surface area contributed by atoms with Crippen molar-refractivity contribution in [1.29, 1.82) is 0 Å². The van der Waals surface area contributed by atoms with Crippen LogP contribution in [0.15, 0.2) is 53.8 Å². The van der Waals surface area contributed by atoms with Crippen LogP contribution in [0.1, 0.15) is 0 Å². The maximum Gasteiger partial charge on any atom is 0.308 e. The van der Waals surface area contributed by atoms with E-state index < -0.39 is 75.0 Å². The van der Waals surface area contributed by atoms with Gasteiger partial charge in [0.15, 0.2) is 0 Å². The third-order valence-electron chi connectivity index (χ3n) is 4.63. The van der Waals surface area contributed by atoms with Gasteiger partial charge in [-0.3, -0.25) is 60.7 Å². The Labute approximate surface area is 200 Å². The summed E-state index contributed by atoms with van der Waals surface area (Å²) in [5, 5.41) is 67.6. The molecule has 0 atom stereocenters. The Bertz CT molecular complexity index is 1520. The highest BCUT2D eigenvalue weighted by Crippen LogP contribution is 2.40. The minimum Gasteiger partial charge on any atom is -0.312 e. The van der Waals surface area contributed by atoms with E-state index in [0.29, 0.717) is 24.3 Å². The summed E-state index contributed by atoms with van der Waals surface area (Å²) < 4.78 is 0.845. The molecule has 188 valence electrons. The lowest BCUT2D eigenvalue weighted by Crippen LogP contribution is -2.09. The van der Waals surface area contributed by atoms with Gasteiger partial charge in [-0.05, 0) is 12.1 Å². The fourth-order valence-electron chi connectivity index (χ4n) is 3.10. The van der Waals surface area contributed by atoms with E-state index in [9.17, 15) is 60.7 Å². The summed E-state index contributed by atoms with van der Waals surface area (Å²) in [7, 11) is 0. The molecule has 0 saturated carbocycles. The molecule has 0 aliphatic carbocycles. The molecule has 0 radical (unpaired) electrons. The van der Waals surface area contributed by atoms with E-state index in [2.05, 4.69) is 4.99 Å². The van der Waals surface area contributed by atoms with Crippen molar-refractivity contribution in [2.45, 2.75) is 0 Å². The van der Waals surface area contributed by atoms with Crippen molar-refractivity contribution in [2.24, 2.45) is 4.99 Å². The summed E-state index contributed by atoms with van der Waals surface area (Å²) in [5.74, 6) is 0. The van der Waals surface area contributed by atoms with E-state index in [0.717, 1.165) is 29.1 Å². The van der Waals surface area contributed by atoms with Gasteiger partial charge in [0.25, 0.3) is 11.4 Å². The van der Waals surface area contributed by atoms with Crippen molar-refractivity contribution >= 4 is 39.8 Å². The van der Waals surface area contributed by atoms with E-state index in [4.69, 9.17) is 0 Å². The summed E-state index contributed by atoms with van der Waals surface area (Å²) in [6.07, 6.45) is 1.95. The number of rotatable bonds is 8. The Morgan fingerprint density at radius 3 is 1.22 bits per heavy atom. The molecular formula is C17H8N8O12. The second-order valence-corrected chi connectivity index (χ2v) is 6.78. The smallest absolute Gasteiger partial charge is 0.308 e. The third-order valence-corrected chi connectivity index (χ3v) is 4.63. The molecule has 20 heteroatoms. The highest BCUT2D eigenvalue weighted by atomic mass is 16.6. The maximum atomic E-state index is 11.5. The van der Waals surface area contributed by atoms with Crippen molar-refractivity contribution in [3.8, 4) is 5.69 Å². The van der Waals surface area contributed by atoms with Crippen molar-refractivity contribution in [1.82, 2.24) is 4.57 Å². The van der Waals surface area contributed by atoms with Crippen LogP contribution in [0.5, 0.6) is 0 Å². The van der Waals surface area contributed by atoms with Gasteiger partial charge >= 0.3 is 22.7 Å². The normalized spacial score (nSPS) is 10.4. The number of aromatic nitrogens is 1. The Balaban J connectivity index is 2.26. The Morgan fingerprint density at radius 1 is 0.541 bits per heavy atom. The highest BCUT2D eigenvalue weighted by molar-refractivity contribution is 5.74. The van der Waals surface area contributed by atoms with Gasteiger partial charge in [0.05, 0.1) is 59.2 Å². The average molecular weight is 516 g/mol. The molecule has 0 saturated heterocycles. The minimum atomic E-state index is -1.12. The van der Waals surface area contributed by atoms with Gasteiger partial charge < -0.3 is 4.57 Å². The minimum absolute atomic E-state index is 0.219. The number of hydrogen-bond acceptors (Lipinski definition) is 13. The van der Waals surface area contributed by atoms with E-state index in [-0.39, 0.29) is 5.36 Å². The molecule has 0 amide bonds. The topological polar surface area (TPSA) is 276 Å². The molecule has 0 fully saturated rings. The Hall–Kier alpha value is -6.21. The van der Waals surface area contributed by atoms with Gasteiger partial charge in [0.1, 0.15) is 0 Å². The molecule has 1 aromatic heterocycles. The quantitative estimate of drug-likeness (QED) is 0.308. The lowest BCUT2D eigenvalue weighted by molar-refractivity contribution is -0.402. The van der Waals surface area contributed by atoms with E-state index in [1.54, 1.807) is 0 Å². The number of nitrogens with zero attached hydrogens (tertiary/aromatic N) is 8. The van der Waals surface area contributed by atoms with Crippen LogP contribution in [-0.2, 0) is 0 Å². The Morgan fingerprint density at radius 2 is 0.892 bits per heavy atom. The van der Waals surface area contributed by atoms with Gasteiger partial charge in [-0.25, -0.2) is 4.99 Å². The van der Waals surface area contributed by atoms with Crippen molar-refractivity contribution in [3.63, 3.8) is 0 Å². The molecule has 3 rings (SSSR count). The molecule has 3 aromatic rings. The molecular weight excluding hydrogens is 508 g/mol. The second-order valence-electron chi connectivity index (χ2n) is 6.78. The molecule has 0 aliphatic rings. The fourth-order valence-corrected chi connectivity index (χ4v) is 3.10. The predicted molar refractivity (Wildman–Crippen MR) is 117 cm³/mol. The first-order chi connectivity index (χ1) is 17.3. The molecule has 1 heterocycles. The third kappa shape index (κ3) is 5.01.